The van der Waals surface area contributed by atoms with Crippen molar-refractivity contribution in [2.75, 3.05) is 0 Å². The summed E-state index contributed by atoms with van der Waals surface area (Å²) in [5.74, 6) is 2.49. The van der Waals surface area contributed by atoms with Crippen LogP contribution in [0.1, 0.15) is 0 Å². The van der Waals surface area contributed by atoms with Gasteiger partial charge in [-0.1, -0.05) is 133 Å². The highest BCUT2D eigenvalue weighted by atomic mass is 32.1. The molecule has 0 atom stereocenters. The first kappa shape index (κ1) is 32.1. The van der Waals surface area contributed by atoms with Crippen LogP contribution in [0.15, 0.2) is 168 Å². The summed E-state index contributed by atoms with van der Waals surface area (Å²) in [5, 5.41) is 5.47. The number of rotatable bonds is 5. The summed E-state index contributed by atoms with van der Waals surface area (Å²) >= 11 is 3.51. The van der Waals surface area contributed by atoms with Crippen LogP contribution in [0.4, 0.5) is 0 Å². The number of thiophene rings is 2. The molecule has 57 heavy (non-hydrogen) atoms. The lowest BCUT2D eigenvalue weighted by Crippen LogP contribution is -2.00. The zero-order valence-electron chi connectivity index (χ0n) is 30.0. The second-order valence-electron chi connectivity index (χ2n) is 14.0. The van der Waals surface area contributed by atoms with Gasteiger partial charge < -0.3 is 4.42 Å². The van der Waals surface area contributed by atoms with Crippen molar-refractivity contribution in [2.24, 2.45) is 0 Å². The Labute approximate surface area is 333 Å². The fraction of sp³-hybridized carbons (Fsp3) is 0. The molecule has 12 aromatic rings. The van der Waals surface area contributed by atoms with E-state index in [-0.39, 0.29) is 0 Å². The van der Waals surface area contributed by atoms with Crippen molar-refractivity contribution in [3.8, 4) is 56.8 Å². The maximum Gasteiger partial charge on any atom is 0.164 e. The predicted molar refractivity (Wildman–Crippen MR) is 236 cm³/mol. The van der Waals surface area contributed by atoms with Gasteiger partial charge in [0.2, 0.25) is 0 Å². The molecule has 8 heteroatoms. The summed E-state index contributed by atoms with van der Waals surface area (Å²) in [4.78, 5) is 25.9. The molecule has 0 aliphatic carbocycles. The lowest BCUT2D eigenvalue weighted by Gasteiger charge is -2.09. The van der Waals surface area contributed by atoms with Gasteiger partial charge >= 0.3 is 0 Å². The molecule has 266 valence electrons. The Hall–Kier alpha value is -7.13. The Morgan fingerprint density at radius 2 is 0.912 bits per heavy atom. The lowest BCUT2D eigenvalue weighted by atomic mass is 10.0. The van der Waals surface area contributed by atoms with Gasteiger partial charge in [0.15, 0.2) is 23.3 Å². The molecule has 0 N–H and O–H groups in total. The molecular weight excluding hydrogens is 739 g/mol. The maximum absolute atomic E-state index is 6.88. The lowest BCUT2D eigenvalue weighted by molar-refractivity contribution is 0.670. The van der Waals surface area contributed by atoms with Crippen LogP contribution in [0.2, 0.25) is 0 Å². The van der Waals surface area contributed by atoms with E-state index in [0.717, 1.165) is 75.8 Å². The van der Waals surface area contributed by atoms with E-state index in [1.807, 2.05) is 72.8 Å². The van der Waals surface area contributed by atoms with Crippen molar-refractivity contribution in [1.82, 2.24) is 24.9 Å². The normalized spacial score (nSPS) is 11.9. The Bertz CT molecular complexity index is 3480. The number of furan rings is 1. The minimum Gasteiger partial charge on any atom is -0.455 e. The van der Waals surface area contributed by atoms with Gasteiger partial charge in [0, 0.05) is 68.8 Å². The molecule has 0 saturated heterocycles. The second-order valence-corrected chi connectivity index (χ2v) is 16.1. The van der Waals surface area contributed by atoms with E-state index < -0.39 is 0 Å². The summed E-state index contributed by atoms with van der Waals surface area (Å²) in [6.07, 6.45) is 0. The summed E-state index contributed by atoms with van der Waals surface area (Å²) in [5.41, 5.74) is 7.92. The van der Waals surface area contributed by atoms with Crippen LogP contribution in [-0.4, -0.2) is 24.9 Å². The minimum absolute atomic E-state index is 0.578. The Balaban J connectivity index is 1.11. The molecule has 12 rings (SSSR count). The third kappa shape index (κ3) is 5.12. The molecule has 0 amide bonds. The molecule has 0 spiro atoms. The Kier molecular flexibility index (Phi) is 7.17. The predicted octanol–water partition coefficient (Wildman–Crippen LogP) is 13.6. The first-order chi connectivity index (χ1) is 28.2. The van der Waals surface area contributed by atoms with Gasteiger partial charge in [0.25, 0.3) is 0 Å². The van der Waals surface area contributed by atoms with E-state index in [9.17, 15) is 0 Å². The van der Waals surface area contributed by atoms with Crippen molar-refractivity contribution < 1.29 is 4.42 Å². The SMILES string of the molecule is c1ccc(-c2nc(-c3ccccc3)nc(-c3cccc4oc5c(-c6nc(-c7cccc8c7sc7ccccc78)nc7c6sc6ccccc67)cccc5c34)n2)cc1. The van der Waals surface area contributed by atoms with Crippen LogP contribution in [0.25, 0.3) is 119 Å². The van der Waals surface area contributed by atoms with Gasteiger partial charge in [-0.05, 0) is 30.3 Å². The largest absolute Gasteiger partial charge is 0.455 e. The molecular formula is C49H27N5OS2. The molecule has 7 aromatic carbocycles. The highest BCUT2D eigenvalue weighted by molar-refractivity contribution is 7.26. The first-order valence-electron chi connectivity index (χ1n) is 18.7. The highest BCUT2D eigenvalue weighted by Crippen LogP contribution is 2.46. The molecule has 0 bridgehead atoms. The van der Waals surface area contributed by atoms with Crippen molar-refractivity contribution in [1.29, 1.82) is 0 Å². The van der Waals surface area contributed by atoms with E-state index >= 15 is 0 Å². The van der Waals surface area contributed by atoms with Crippen LogP contribution in [0, 0.1) is 0 Å². The number of hydrogen-bond acceptors (Lipinski definition) is 8. The van der Waals surface area contributed by atoms with Crippen LogP contribution in [-0.2, 0) is 0 Å². The molecule has 0 radical (unpaired) electrons. The van der Waals surface area contributed by atoms with Crippen LogP contribution >= 0.6 is 22.7 Å². The molecule has 0 aliphatic rings. The number of para-hydroxylation sites is 1. The maximum atomic E-state index is 6.88. The number of aromatic nitrogens is 5. The smallest absolute Gasteiger partial charge is 0.164 e. The van der Waals surface area contributed by atoms with Crippen LogP contribution in [0.3, 0.4) is 0 Å². The summed E-state index contributed by atoms with van der Waals surface area (Å²) in [6.45, 7) is 0. The van der Waals surface area contributed by atoms with Crippen molar-refractivity contribution >= 4 is 85.1 Å². The third-order valence-electron chi connectivity index (χ3n) is 10.6. The molecule has 5 heterocycles. The molecule has 0 saturated carbocycles. The van der Waals surface area contributed by atoms with Gasteiger partial charge in [-0.25, -0.2) is 24.9 Å². The Morgan fingerprint density at radius 1 is 0.368 bits per heavy atom. The quantitative estimate of drug-likeness (QED) is 0.174. The highest BCUT2D eigenvalue weighted by Gasteiger charge is 2.24. The minimum atomic E-state index is 0.578. The zero-order valence-corrected chi connectivity index (χ0v) is 31.7. The summed E-state index contributed by atoms with van der Waals surface area (Å²) in [6, 6.07) is 56.0. The van der Waals surface area contributed by atoms with E-state index in [1.165, 1.54) is 20.2 Å². The molecule has 5 aromatic heterocycles. The fourth-order valence-corrected chi connectivity index (χ4v) is 10.3. The number of fused-ring (bicyclic) bond motifs is 9. The third-order valence-corrected chi connectivity index (χ3v) is 13.0. The molecule has 6 nitrogen and oxygen atoms in total. The topological polar surface area (TPSA) is 77.6 Å². The molecule has 0 fully saturated rings. The van der Waals surface area contributed by atoms with Gasteiger partial charge in [0.05, 0.1) is 15.9 Å². The van der Waals surface area contributed by atoms with Gasteiger partial charge in [-0.2, -0.15) is 0 Å². The van der Waals surface area contributed by atoms with Gasteiger partial charge in [0.1, 0.15) is 11.2 Å². The average molecular weight is 766 g/mol. The van der Waals surface area contributed by atoms with Crippen LogP contribution in [0.5, 0.6) is 0 Å². The average Bonchev–Trinajstić information content (AvgIpc) is 3.98. The van der Waals surface area contributed by atoms with E-state index in [4.69, 9.17) is 29.3 Å². The van der Waals surface area contributed by atoms with Crippen molar-refractivity contribution in [2.45, 2.75) is 0 Å². The van der Waals surface area contributed by atoms with E-state index in [0.29, 0.717) is 23.3 Å². The standard InChI is InChI=1S/C49H27N5OS2/c1-3-14-28(15-4-1)46-52-47(29-16-5-2-6-17-29)54-48(53-46)34-22-13-25-37-40(34)33-21-12-23-35(43(33)55-37)42-45-41(32-19-8-10-27-39(32)57-45)50-49(51-42)36-24-11-20-31-30-18-7-9-26-38(30)56-44(31)36/h1-27H. The van der Waals surface area contributed by atoms with Gasteiger partial charge in [-0.15, -0.1) is 22.7 Å². The number of benzene rings is 7. The van der Waals surface area contributed by atoms with Gasteiger partial charge in [-0.3, -0.25) is 0 Å². The summed E-state index contributed by atoms with van der Waals surface area (Å²) < 4.78 is 11.5. The number of hydrogen-bond donors (Lipinski definition) is 0. The van der Waals surface area contributed by atoms with E-state index in [1.54, 1.807) is 22.7 Å². The van der Waals surface area contributed by atoms with E-state index in [2.05, 4.69) is 91.0 Å². The fourth-order valence-electron chi connectivity index (χ4n) is 7.97. The van der Waals surface area contributed by atoms with Crippen molar-refractivity contribution in [3.63, 3.8) is 0 Å². The molecule has 0 aliphatic heterocycles. The molecule has 0 unspecified atom stereocenters. The van der Waals surface area contributed by atoms with Crippen LogP contribution < -0.4 is 0 Å². The Morgan fingerprint density at radius 3 is 1.67 bits per heavy atom. The summed E-state index contributed by atoms with van der Waals surface area (Å²) in [7, 11) is 0. The second kappa shape index (κ2) is 12.7. The monoisotopic (exact) mass is 765 g/mol. The zero-order chi connectivity index (χ0) is 37.5. The van der Waals surface area contributed by atoms with Crippen molar-refractivity contribution in [3.05, 3.63) is 164 Å². The number of nitrogens with zero attached hydrogens (tertiary/aromatic N) is 5. The first-order valence-corrected chi connectivity index (χ1v) is 20.3.